The average Bonchev–Trinajstić information content (AvgIpc) is 3.09. The zero-order valence-corrected chi connectivity index (χ0v) is 17.9. The smallest absolute Gasteiger partial charge is 0.319 e. The zero-order valence-electron chi connectivity index (χ0n) is 17.9. The molecule has 0 aromatic heterocycles. The Balaban J connectivity index is 1.39. The summed E-state index contributed by atoms with van der Waals surface area (Å²) in [4.78, 5) is 25.3. The number of anilines is 2. The van der Waals surface area contributed by atoms with Crippen molar-refractivity contribution in [2.75, 3.05) is 10.6 Å². The molecule has 2 aromatic carbocycles. The number of hydrogen-bond donors (Lipinski definition) is 3. The summed E-state index contributed by atoms with van der Waals surface area (Å²) in [5, 5.41) is 8.41. The number of fused-ring (bicyclic) bond motifs is 1. The number of rotatable bonds is 5. The molecule has 1 aliphatic heterocycles. The van der Waals surface area contributed by atoms with Crippen LogP contribution < -0.4 is 25.4 Å². The van der Waals surface area contributed by atoms with Crippen molar-refractivity contribution in [3.63, 3.8) is 0 Å². The Morgan fingerprint density at radius 1 is 0.871 bits per heavy atom. The van der Waals surface area contributed by atoms with Crippen LogP contribution in [0.1, 0.15) is 46.0 Å². The molecular weight excluding hydrogens is 394 g/mol. The van der Waals surface area contributed by atoms with Crippen LogP contribution in [0.25, 0.3) is 0 Å². The Labute approximate surface area is 182 Å². The van der Waals surface area contributed by atoms with Crippen molar-refractivity contribution in [3.05, 3.63) is 48.5 Å². The Bertz CT molecular complexity index is 939. The molecule has 0 saturated heterocycles. The summed E-state index contributed by atoms with van der Waals surface area (Å²) in [5.41, 5.74) is 1.27. The SMILES string of the molecule is CC(C)C(NC(=O)Nc1ccccc1)C(=O)Nc1ccc2c(c1)OC1(CCCCC1)O2. The molecule has 1 fully saturated rings. The van der Waals surface area contributed by atoms with Gasteiger partial charge in [-0.2, -0.15) is 0 Å². The maximum atomic E-state index is 12.9. The summed E-state index contributed by atoms with van der Waals surface area (Å²) in [7, 11) is 0. The summed E-state index contributed by atoms with van der Waals surface area (Å²) in [6.45, 7) is 3.78. The van der Waals surface area contributed by atoms with Gasteiger partial charge in [-0.1, -0.05) is 38.5 Å². The molecule has 3 N–H and O–H groups in total. The van der Waals surface area contributed by atoms with E-state index in [0.717, 1.165) is 25.7 Å². The van der Waals surface area contributed by atoms with E-state index >= 15 is 0 Å². The molecule has 4 rings (SSSR count). The van der Waals surface area contributed by atoms with Gasteiger partial charge >= 0.3 is 6.03 Å². The van der Waals surface area contributed by atoms with E-state index in [0.29, 0.717) is 22.9 Å². The van der Waals surface area contributed by atoms with Gasteiger partial charge in [-0.3, -0.25) is 4.79 Å². The molecule has 7 heteroatoms. The van der Waals surface area contributed by atoms with Gasteiger partial charge in [0.1, 0.15) is 6.04 Å². The lowest BCUT2D eigenvalue weighted by molar-refractivity contribution is -0.118. The second-order valence-electron chi connectivity index (χ2n) is 8.51. The molecule has 7 nitrogen and oxygen atoms in total. The third-order valence-electron chi connectivity index (χ3n) is 5.69. The summed E-state index contributed by atoms with van der Waals surface area (Å²) < 4.78 is 12.2. The van der Waals surface area contributed by atoms with E-state index in [9.17, 15) is 9.59 Å². The van der Waals surface area contributed by atoms with Gasteiger partial charge in [0.2, 0.25) is 5.91 Å². The molecule has 1 aliphatic carbocycles. The van der Waals surface area contributed by atoms with Crippen molar-refractivity contribution in [1.29, 1.82) is 0 Å². The lowest BCUT2D eigenvalue weighted by atomic mass is 9.94. The highest BCUT2D eigenvalue weighted by molar-refractivity contribution is 5.99. The number of amides is 3. The summed E-state index contributed by atoms with van der Waals surface area (Å²) in [6.07, 6.45) is 5.13. The van der Waals surface area contributed by atoms with E-state index in [2.05, 4.69) is 16.0 Å². The minimum Gasteiger partial charge on any atom is -0.448 e. The summed E-state index contributed by atoms with van der Waals surface area (Å²) in [6, 6.07) is 13.4. The molecule has 31 heavy (non-hydrogen) atoms. The van der Waals surface area contributed by atoms with E-state index in [1.807, 2.05) is 38.1 Å². The van der Waals surface area contributed by atoms with E-state index in [1.54, 1.807) is 24.3 Å². The number of carbonyl (C=O) groups excluding carboxylic acids is 2. The van der Waals surface area contributed by atoms with Crippen LogP contribution in [0, 0.1) is 5.92 Å². The zero-order chi connectivity index (χ0) is 21.8. The molecule has 164 valence electrons. The molecule has 0 bridgehead atoms. The molecule has 0 radical (unpaired) electrons. The fraction of sp³-hybridized carbons (Fsp3) is 0.417. The minimum absolute atomic E-state index is 0.0963. The van der Waals surface area contributed by atoms with Crippen molar-refractivity contribution >= 4 is 23.3 Å². The average molecular weight is 424 g/mol. The van der Waals surface area contributed by atoms with Gasteiger partial charge in [-0.15, -0.1) is 0 Å². The minimum atomic E-state index is -0.696. The van der Waals surface area contributed by atoms with Gasteiger partial charge in [-0.05, 0) is 43.0 Å². The number of benzene rings is 2. The molecular formula is C24H29N3O4. The van der Waals surface area contributed by atoms with E-state index in [-0.39, 0.29) is 11.8 Å². The van der Waals surface area contributed by atoms with Gasteiger partial charge in [0.05, 0.1) is 0 Å². The van der Waals surface area contributed by atoms with Crippen LogP contribution in [0.3, 0.4) is 0 Å². The maximum absolute atomic E-state index is 12.9. The quantitative estimate of drug-likeness (QED) is 0.638. The Kier molecular flexibility index (Phi) is 6.02. The topological polar surface area (TPSA) is 88.7 Å². The maximum Gasteiger partial charge on any atom is 0.319 e. The largest absolute Gasteiger partial charge is 0.448 e. The van der Waals surface area contributed by atoms with Crippen LogP contribution in [0.2, 0.25) is 0 Å². The second kappa shape index (κ2) is 8.88. The first-order valence-corrected chi connectivity index (χ1v) is 10.9. The number of ether oxygens (including phenoxy) is 2. The Morgan fingerprint density at radius 2 is 1.58 bits per heavy atom. The van der Waals surface area contributed by atoms with Crippen molar-refractivity contribution in [1.82, 2.24) is 5.32 Å². The van der Waals surface area contributed by atoms with Crippen molar-refractivity contribution in [2.45, 2.75) is 57.8 Å². The number of carbonyl (C=O) groups is 2. The van der Waals surface area contributed by atoms with Crippen LogP contribution in [0.4, 0.5) is 16.2 Å². The fourth-order valence-electron chi connectivity index (χ4n) is 4.05. The molecule has 2 aromatic rings. The Hall–Kier alpha value is -3.22. The van der Waals surface area contributed by atoms with Gasteiger partial charge in [0.15, 0.2) is 11.5 Å². The standard InChI is InChI=1S/C24H29N3O4/c1-16(2)21(27-23(29)26-17-9-5-3-6-10-17)22(28)25-18-11-12-19-20(15-18)31-24(30-19)13-7-4-8-14-24/h3,5-6,9-12,15-16,21H,4,7-8,13-14H2,1-2H3,(H,25,28)(H2,26,27,29). The van der Waals surface area contributed by atoms with Crippen LogP contribution >= 0.6 is 0 Å². The fourth-order valence-corrected chi connectivity index (χ4v) is 4.05. The highest BCUT2D eigenvalue weighted by Crippen LogP contribution is 2.46. The van der Waals surface area contributed by atoms with Crippen LogP contribution in [0.15, 0.2) is 48.5 Å². The number of para-hydroxylation sites is 1. The van der Waals surface area contributed by atoms with Gasteiger partial charge in [0, 0.05) is 30.3 Å². The monoisotopic (exact) mass is 423 g/mol. The first-order chi connectivity index (χ1) is 14.9. The predicted molar refractivity (Wildman–Crippen MR) is 119 cm³/mol. The molecule has 3 amide bonds. The second-order valence-corrected chi connectivity index (χ2v) is 8.51. The van der Waals surface area contributed by atoms with Gasteiger partial charge < -0.3 is 25.4 Å². The Morgan fingerprint density at radius 3 is 2.29 bits per heavy atom. The third kappa shape index (κ3) is 4.93. The molecule has 2 aliphatic rings. The number of nitrogens with one attached hydrogen (secondary N) is 3. The molecule has 1 heterocycles. The molecule has 1 spiro atoms. The van der Waals surface area contributed by atoms with Crippen LogP contribution in [-0.4, -0.2) is 23.8 Å². The third-order valence-corrected chi connectivity index (χ3v) is 5.69. The van der Waals surface area contributed by atoms with E-state index < -0.39 is 17.9 Å². The van der Waals surface area contributed by atoms with Gasteiger partial charge in [0.25, 0.3) is 5.79 Å². The molecule has 1 saturated carbocycles. The molecule has 1 atom stereocenters. The normalized spacial score (nSPS) is 17.3. The molecule has 1 unspecified atom stereocenters. The number of urea groups is 1. The summed E-state index contributed by atoms with van der Waals surface area (Å²) >= 11 is 0. The highest BCUT2D eigenvalue weighted by Gasteiger charge is 2.42. The van der Waals surface area contributed by atoms with Crippen LogP contribution in [-0.2, 0) is 4.79 Å². The summed E-state index contributed by atoms with van der Waals surface area (Å²) in [5.74, 6) is 0.419. The van der Waals surface area contributed by atoms with E-state index in [1.165, 1.54) is 6.42 Å². The van der Waals surface area contributed by atoms with Crippen molar-refractivity contribution in [3.8, 4) is 11.5 Å². The first-order valence-electron chi connectivity index (χ1n) is 10.9. The first kappa shape index (κ1) is 21.0. The van der Waals surface area contributed by atoms with E-state index in [4.69, 9.17) is 9.47 Å². The van der Waals surface area contributed by atoms with Crippen molar-refractivity contribution < 1.29 is 19.1 Å². The lowest BCUT2D eigenvalue weighted by Crippen LogP contribution is -2.48. The number of hydrogen-bond acceptors (Lipinski definition) is 4. The lowest BCUT2D eigenvalue weighted by Gasteiger charge is -2.31. The van der Waals surface area contributed by atoms with Crippen molar-refractivity contribution in [2.24, 2.45) is 5.92 Å². The van der Waals surface area contributed by atoms with Crippen LogP contribution in [0.5, 0.6) is 11.5 Å². The highest BCUT2D eigenvalue weighted by atomic mass is 16.7. The van der Waals surface area contributed by atoms with Gasteiger partial charge in [-0.25, -0.2) is 4.79 Å². The predicted octanol–water partition coefficient (Wildman–Crippen LogP) is 4.90.